The summed E-state index contributed by atoms with van der Waals surface area (Å²) in [5.74, 6) is 0. The van der Waals surface area contributed by atoms with Crippen molar-refractivity contribution < 1.29 is 0 Å². The van der Waals surface area contributed by atoms with Gasteiger partial charge in [-0.05, 0) is 56.1 Å². The predicted molar refractivity (Wildman–Crippen MR) is 85.7 cm³/mol. The van der Waals surface area contributed by atoms with Crippen LogP contribution in [0.3, 0.4) is 0 Å². The van der Waals surface area contributed by atoms with E-state index in [1.54, 1.807) is 0 Å². The van der Waals surface area contributed by atoms with Gasteiger partial charge in [0.25, 0.3) is 0 Å². The highest BCUT2D eigenvalue weighted by atomic mass is 79.9. The third-order valence-electron chi connectivity index (χ3n) is 3.44. The first-order valence-corrected chi connectivity index (χ1v) is 8.05. The number of nitrogens with zero attached hydrogens (tertiary/aromatic N) is 2. The maximum atomic E-state index is 4.50. The largest absolute Gasteiger partial charge is 0.314 e. The first kappa shape index (κ1) is 16.7. The van der Waals surface area contributed by atoms with E-state index in [2.05, 4.69) is 72.6 Å². The van der Waals surface area contributed by atoms with Crippen molar-refractivity contribution in [3.8, 4) is 0 Å². The van der Waals surface area contributed by atoms with E-state index in [-0.39, 0.29) is 5.41 Å². The Balaban J connectivity index is 2.90. The van der Waals surface area contributed by atoms with Gasteiger partial charge in [0.1, 0.15) is 0 Å². The van der Waals surface area contributed by atoms with Crippen molar-refractivity contribution in [2.24, 2.45) is 0 Å². The molecule has 0 saturated carbocycles. The molecule has 0 radical (unpaired) electrons. The minimum atomic E-state index is 0.0970. The molecule has 1 N–H and O–H groups in total. The van der Waals surface area contributed by atoms with Crippen LogP contribution in [-0.2, 0) is 5.41 Å². The number of rotatable bonds is 7. The molecule has 1 rings (SSSR count). The highest BCUT2D eigenvalue weighted by Gasteiger charge is 2.30. The third kappa shape index (κ3) is 4.32. The smallest absolute Gasteiger partial charge is 0.0635 e. The first-order chi connectivity index (χ1) is 8.79. The molecule has 0 aliphatic rings. The molecule has 1 unspecified atom stereocenters. The zero-order valence-electron chi connectivity index (χ0n) is 13.1. The summed E-state index contributed by atoms with van der Waals surface area (Å²) in [6.07, 6.45) is 4.20. The molecule has 4 heteroatoms. The van der Waals surface area contributed by atoms with Gasteiger partial charge in [0.05, 0.1) is 16.4 Å². The van der Waals surface area contributed by atoms with Gasteiger partial charge in [0, 0.05) is 17.5 Å². The van der Waals surface area contributed by atoms with Gasteiger partial charge in [-0.25, -0.2) is 0 Å². The minimum Gasteiger partial charge on any atom is -0.314 e. The Morgan fingerprint density at radius 1 is 1.37 bits per heavy atom. The summed E-state index contributed by atoms with van der Waals surface area (Å²) in [7, 11) is 0. The van der Waals surface area contributed by atoms with Gasteiger partial charge < -0.3 is 5.32 Å². The van der Waals surface area contributed by atoms with Crippen LogP contribution in [0.4, 0.5) is 0 Å². The Kier molecular flexibility index (Phi) is 6.06. The Morgan fingerprint density at radius 2 is 2.00 bits per heavy atom. The summed E-state index contributed by atoms with van der Waals surface area (Å²) < 4.78 is 3.25. The lowest BCUT2D eigenvalue weighted by molar-refractivity contribution is 0.352. The second-order valence-electron chi connectivity index (χ2n) is 6.32. The van der Waals surface area contributed by atoms with Crippen LogP contribution < -0.4 is 5.32 Å². The molecule has 0 aromatic carbocycles. The molecule has 19 heavy (non-hydrogen) atoms. The Bertz CT molecular complexity index is 396. The van der Waals surface area contributed by atoms with E-state index in [1.165, 1.54) is 12.1 Å². The quantitative estimate of drug-likeness (QED) is 0.808. The van der Waals surface area contributed by atoms with E-state index in [4.69, 9.17) is 0 Å². The van der Waals surface area contributed by atoms with E-state index in [9.17, 15) is 0 Å². The Morgan fingerprint density at radius 3 is 2.53 bits per heavy atom. The summed E-state index contributed by atoms with van der Waals surface area (Å²) in [4.78, 5) is 0. The van der Waals surface area contributed by atoms with Crippen molar-refractivity contribution >= 4 is 15.9 Å². The molecule has 110 valence electrons. The van der Waals surface area contributed by atoms with Gasteiger partial charge in [-0.2, -0.15) is 5.10 Å². The molecule has 0 aliphatic heterocycles. The first-order valence-electron chi connectivity index (χ1n) is 7.26. The van der Waals surface area contributed by atoms with Crippen LogP contribution in [0.5, 0.6) is 0 Å². The summed E-state index contributed by atoms with van der Waals surface area (Å²) in [5, 5.41) is 8.07. The van der Waals surface area contributed by atoms with E-state index in [1.807, 2.05) is 6.20 Å². The average Bonchev–Trinajstić information content (AvgIpc) is 2.68. The number of hydrogen-bond acceptors (Lipinski definition) is 2. The van der Waals surface area contributed by atoms with Crippen LogP contribution in [0.1, 0.15) is 66.1 Å². The topological polar surface area (TPSA) is 29.9 Å². The van der Waals surface area contributed by atoms with E-state index < -0.39 is 0 Å². The molecule has 0 amide bonds. The lowest BCUT2D eigenvalue weighted by Gasteiger charge is -2.31. The predicted octanol–water partition coefficient (Wildman–Crippen LogP) is 4.28. The molecule has 0 bridgehead atoms. The Hall–Kier alpha value is -0.350. The molecule has 3 nitrogen and oxygen atoms in total. The number of halogens is 1. The lowest BCUT2D eigenvalue weighted by atomic mass is 9.82. The second kappa shape index (κ2) is 6.89. The van der Waals surface area contributed by atoms with Crippen LogP contribution in [-0.4, -0.2) is 22.4 Å². The zero-order valence-corrected chi connectivity index (χ0v) is 14.7. The number of nitrogens with one attached hydrogen (secondary N) is 1. The van der Waals surface area contributed by atoms with Crippen LogP contribution in [0.15, 0.2) is 10.7 Å². The lowest BCUT2D eigenvalue weighted by Crippen LogP contribution is -2.35. The fourth-order valence-corrected chi connectivity index (χ4v) is 3.50. The van der Waals surface area contributed by atoms with E-state index in [0.29, 0.717) is 12.1 Å². The van der Waals surface area contributed by atoms with Crippen molar-refractivity contribution in [3.05, 3.63) is 16.4 Å². The molecule has 1 atom stereocenters. The summed E-state index contributed by atoms with van der Waals surface area (Å²) >= 11 is 3.66. The molecule has 0 aliphatic carbocycles. The van der Waals surface area contributed by atoms with Gasteiger partial charge >= 0.3 is 0 Å². The highest BCUT2D eigenvalue weighted by molar-refractivity contribution is 9.10. The average molecular weight is 330 g/mol. The molecule has 1 heterocycles. The van der Waals surface area contributed by atoms with E-state index in [0.717, 1.165) is 17.4 Å². The van der Waals surface area contributed by atoms with Gasteiger partial charge in [0.2, 0.25) is 0 Å². The molecule has 1 aromatic heterocycles. The minimum absolute atomic E-state index is 0.0970. The van der Waals surface area contributed by atoms with Crippen LogP contribution >= 0.6 is 15.9 Å². The van der Waals surface area contributed by atoms with Crippen LogP contribution in [0.25, 0.3) is 0 Å². The summed E-state index contributed by atoms with van der Waals surface area (Å²) in [6.45, 7) is 14.5. The van der Waals surface area contributed by atoms with Gasteiger partial charge in [-0.15, -0.1) is 0 Å². The van der Waals surface area contributed by atoms with Crippen molar-refractivity contribution in [1.29, 1.82) is 0 Å². The molecule has 0 spiro atoms. The van der Waals surface area contributed by atoms with Crippen molar-refractivity contribution in [2.75, 3.05) is 6.54 Å². The van der Waals surface area contributed by atoms with E-state index >= 15 is 0 Å². The standard InChI is InChI=1S/C15H28BrN3/c1-7-8-17-12(4)9-15(5,6)14-13(16)10-18-19(14)11(2)3/h10-12,17H,7-9H2,1-6H3. The summed E-state index contributed by atoms with van der Waals surface area (Å²) in [5.41, 5.74) is 1.40. The molecule has 0 saturated heterocycles. The molecule has 1 aromatic rings. The van der Waals surface area contributed by atoms with Crippen LogP contribution in [0.2, 0.25) is 0 Å². The third-order valence-corrected chi connectivity index (χ3v) is 4.02. The van der Waals surface area contributed by atoms with Crippen LogP contribution in [0, 0.1) is 0 Å². The normalized spacial score (nSPS) is 14.1. The van der Waals surface area contributed by atoms with Crippen molar-refractivity contribution in [2.45, 2.75) is 71.9 Å². The number of hydrogen-bond donors (Lipinski definition) is 1. The zero-order chi connectivity index (χ0) is 14.6. The SMILES string of the molecule is CCCNC(C)CC(C)(C)c1c(Br)cnn1C(C)C. The fourth-order valence-electron chi connectivity index (χ4n) is 2.69. The monoisotopic (exact) mass is 329 g/mol. The highest BCUT2D eigenvalue weighted by Crippen LogP contribution is 2.35. The molecule has 0 fully saturated rings. The van der Waals surface area contributed by atoms with Gasteiger partial charge in [-0.1, -0.05) is 20.8 Å². The van der Waals surface area contributed by atoms with Gasteiger partial charge in [0.15, 0.2) is 0 Å². The molecular formula is C15H28BrN3. The fraction of sp³-hybridized carbons (Fsp3) is 0.800. The van der Waals surface area contributed by atoms with Crippen molar-refractivity contribution in [1.82, 2.24) is 15.1 Å². The molecular weight excluding hydrogens is 302 g/mol. The maximum Gasteiger partial charge on any atom is 0.0635 e. The second-order valence-corrected chi connectivity index (χ2v) is 7.18. The van der Waals surface area contributed by atoms with Crippen molar-refractivity contribution in [3.63, 3.8) is 0 Å². The summed E-state index contributed by atoms with van der Waals surface area (Å²) in [6, 6.07) is 0.900. The maximum absolute atomic E-state index is 4.50. The Labute approximate surface area is 126 Å². The van der Waals surface area contributed by atoms with Gasteiger partial charge in [-0.3, -0.25) is 4.68 Å². The number of aromatic nitrogens is 2.